The van der Waals surface area contributed by atoms with Crippen LogP contribution in [0.2, 0.25) is 0 Å². The molecule has 0 radical (unpaired) electrons. The summed E-state index contributed by atoms with van der Waals surface area (Å²) in [5, 5.41) is 7.22. The molecule has 0 aromatic carbocycles. The predicted molar refractivity (Wildman–Crippen MR) is 102 cm³/mol. The third-order valence-electron chi connectivity index (χ3n) is 4.50. The molecule has 27 heavy (non-hydrogen) atoms. The minimum Gasteiger partial charge on any atom is -0.444 e. The molecule has 0 spiro atoms. The highest BCUT2D eigenvalue weighted by Gasteiger charge is 2.28. The predicted octanol–water partition coefficient (Wildman–Crippen LogP) is 3.36. The molecule has 0 aliphatic carbocycles. The number of ether oxygens (including phenoxy) is 1. The summed E-state index contributed by atoms with van der Waals surface area (Å²) in [5.41, 5.74) is 2.15. The Kier molecular flexibility index (Phi) is 4.55. The van der Waals surface area contributed by atoms with Crippen LogP contribution < -0.4 is 0 Å². The number of nitrogens with zero attached hydrogens (tertiary/aromatic N) is 6. The SMILES string of the molecule is CC(C)(C)OC(=O)N1CCC(c2csc(-c3cncc4ncnn34)n2)CC1. The largest absolute Gasteiger partial charge is 0.444 e. The van der Waals surface area contributed by atoms with E-state index in [2.05, 4.69) is 20.4 Å². The summed E-state index contributed by atoms with van der Waals surface area (Å²) in [6.45, 7) is 7.04. The summed E-state index contributed by atoms with van der Waals surface area (Å²) < 4.78 is 7.21. The molecule has 1 aliphatic rings. The topological polar surface area (TPSA) is 85.5 Å². The van der Waals surface area contributed by atoms with Gasteiger partial charge in [0.25, 0.3) is 0 Å². The van der Waals surface area contributed by atoms with Crippen molar-refractivity contribution in [3.63, 3.8) is 0 Å². The number of likely N-dealkylation sites (tertiary alicyclic amines) is 1. The average Bonchev–Trinajstić information content (AvgIpc) is 3.29. The number of aromatic nitrogens is 5. The van der Waals surface area contributed by atoms with Gasteiger partial charge in [-0.2, -0.15) is 5.10 Å². The number of hydrogen-bond donors (Lipinski definition) is 0. The summed E-state index contributed by atoms with van der Waals surface area (Å²) in [4.78, 5) is 27.2. The first-order valence-electron chi connectivity index (χ1n) is 8.98. The fraction of sp³-hybridized carbons (Fsp3) is 0.500. The molecule has 142 valence electrons. The van der Waals surface area contributed by atoms with E-state index in [4.69, 9.17) is 9.72 Å². The van der Waals surface area contributed by atoms with E-state index in [1.54, 1.807) is 33.1 Å². The van der Waals surface area contributed by atoms with Crippen LogP contribution in [0.4, 0.5) is 4.79 Å². The fourth-order valence-corrected chi connectivity index (χ4v) is 4.07. The van der Waals surface area contributed by atoms with E-state index in [0.29, 0.717) is 24.7 Å². The van der Waals surface area contributed by atoms with Crippen molar-refractivity contribution in [3.8, 4) is 10.7 Å². The van der Waals surface area contributed by atoms with Crippen molar-refractivity contribution in [2.75, 3.05) is 13.1 Å². The number of carbonyl (C=O) groups is 1. The summed E-state index contributed by atoms with van der Waals surface area (Å²) in [7, 11) is 0. The molecule has 0 bridgehead atoms. The van der Waals surface area contributed by atoms with Crippen LogP contribution in [0.5, 0.6) is 0 Å². The Balaban J connectivity index is 1.45. The summed E-state index contributed by atoms with van der Waals surface area (Å²) >= 11 is 1.58. The van der Waals surface area contributed by atoms with Gasteiger partial charge in [0.2, 0.25) is 0 Å². The summed E-state index contributed by atoms with van der Waals surface area (Å²) in [6.07, 6.45) is 6.49. The second-order valence-corrected chi connectivity index (χ2v) is 8.50. The Morgan fingerprint density at radius 1 is 1.26 bits per heavy atom. The maximum absolute atomic E-state index is 12.2. The van der Waals surface area contributed by atoms with E-state index >= 15 is 0 Å². The van der Waals surface area contributed by atoms with Crippen LogP contribution in [0.25, 0.3) is 16.3 Å². The van der Waals surface area contributed by atoms with Gasteiger partial charge in [-0.3, -0.25) is 4.98 Å². The number of piperidine rings is 1. The zero-order valence-corrected chi connectivity index (χ0v) is 16.4. The first-order valence-corrected chi connectivity index (χ1v) is 9.86. The molecule has 4 rings (SSSR count). The van der Waals surface area contributed by atoms with Crippen molar-refractivity contribution >= 4 is 23.1 Å². The van der Waals surface area contributed by atoms with Gasteiger partial charge in [0, 0.05) is 24.4 Å². The zero-order chi connectivity index (χ0) is 19.0. The van der Waals surface area contributed by atoms with E-state index in [1.807, 2.05) is 20.8 Å². The molecule has 1 amide bonds. The monoisotopic (exact) mass is 386 g/mol. The molecule has 0 unspecified atom stereocenters. The van der Waals surface area contributed by atoms with Crippen molar-refractivity contribution < 1.29 is 9.53 Å². The maximum Gasteiger partial charge on any atom is 0.410 e. The highest BCUT2D eigenvalue weighted by molar-refractivity contribution is 7.13. The quantitative estimate of drug-likeness (QED) is 0.671. The number of carbonyl (C=O) groups excluding carboxylic acids is 1. The number of thiazole rings is 1. The molecule has 4 heterocycles. The molecule has 8 nitrogen and oxygen atoms in total. The normalized spacial score (nSPS) is 16.0. The highest BCUT2D eigenvalue weighted by atomic mass is 32.1. The van der Waals surface area contributed by atoms with Gasteiger partial charge < -0.3 is 9.64 Å². The number of fused-ring (bicyclic) bond motifs is 1. The van der Waals surface area contributed by atoms with Gasteiger partial charge in [0.1, 0.15) is 22.6 Å². The van der Waals surface area contributed by atoms with Gasteiger partial charge in [-0.1, -0.05) is 0 Å². The number of hydrogen-bond acceptors (Lipinski definition) is 7. The van der Waals surface area contributed by atoms with Crippen LogP contribution in [0.15, 0.2) is 24.1 Å². The van der Waals surface area contributed by atoms with Crippen LogP contribution >= 0.6 is 11.3 Å². The lowest BCUT2D eigenvalue weighted by molar-refractivity contribution is 0.0204. The zero-order valence-electron chi connectivity index (χ0n) is 15.6. The molecule has 1 fully saturated rings. The molecule has 9 heteroatoms. The van der Waals surface area contributed by atoms with Crippen molar-refractivity contribution in [1.29, 1.82) is 0 Å². The van der Waals surface area contributed by atoms with Gasteiger partial charge in [-0.05, 0) is 33.6 Å². The standard InChI is InChI=1S/C18H22N6O2S/c1-18(2,3)26-17(25)23-6-4-12(5-7-23)13-10-27-16(22-13)14-8-19-9-15-20-11-21-24(14)15/h8-12H,4-7H2,1-3H3. The second kappa shape index (κ2) is 6.88. The third-order valence-corrected chi connectivity index (χ3v) is 5.38. The Bertz CT molecular complexity index is 952. The molecule has 3 aromatic rings. The van der Waals surface area contributed by atoms with E-state index in [9.17, 15) is 4.79 Å². The van der Waals surface area contributed by atoms with Crippen LogP contribution in [0.3, 0.4) is 0 Å². The van der Waals surface area contributed by atoms with Crippen molar-refractivity contribution in [3.05, 3.63) is 29.8 Å². The fourth-order valence-electron chi connectivity index (χ4n) is 3.17. The Morgan fingerprint density at radius 3 is 2.78 bits per heavy atom. The first-order chi connectivity index (χ1) is 12.9. The van der Waals surface area contributed by atoms with Crippen LogP contribution in [0, 0.1) is 0 Å². The van der Waals surface area contributed by atoms with Crippen LogP contribution in [0.1, 0.15) is 45.2 Å². The van der Waals surface area contributed by atoms with E-state index in [-0.39, 0.29) is 6.09 Å². The Labute approximate surface area is 161 Å². The number of amides is 1. The number of rotatable bonds is 2. The van der Waals surface area contributed by atoms with Crippen molar-refractivity contribution in [2.24, 2.45) is 0 Å². The van der Waals surface area contributed by atoms with Crippen molar-refractivity contribution in [1.82, 2.24) is 29.5 Å². The van der Waals surface area contributed by atoms with Gasteiger partial charge in [-0.25, -0.2) is 19.3 Å². The molecule has 1 saturated heterocycles. The molecular weight excluding hydrogens is 364 g/mol. The van der Waals surface area contributed by atoms with Crippen LogP contribution in [-0.2, 0) is 4.74 Å². The summed E-state index contributed by atoms with van der Waals surface area (Å²) in [6, 6.07) is 0. The van der Waals surface area contributed by atoms with Crippen molar-refractivity contribution in [2.45, 2.75) is 45.1 Å². The second-order valence-electron chi connectivity index (χ2n) is 7.64. The molecule has 0 N–H and O–H groups in total. The Hall–Kier alpha value is -2.55. The first kappa shape index (κ1) is 17.8. The van der Waals surface area contributed by atoms with E-state index in [1.165, 1.54) is 6.33 Å². The minimum atomic E-state index is -0.464. The molecule has 1 aliphatic heterocycles. The smallest absolute Gasteiger partial charge is 0.410 e. The minimum absolute atomic E-state index is 0.233. The highest BCUT2D eigenvalue weighted by Crippen LogP contribution is 2.32. The van der Waals surface area contributed by atoms with E-state index < -0.39 is 5.60 Å². The van der Waals surface area contributed by atoms with Gasteiger partial charge in [-0.15, -0.1) is 11.3 Å². The Morgan fingerprint density at radius 2 is 2.04 bits per heavy atom. The van der Waals surface area contributed by atoms with E-state index in [0.717, 1.165) is 29.2 Å². The summed E-state index contributed by atoms with van der Waals surface area (Å²) in [5.74, 6) is 0.344. The lowest BCUT2D eigenvalue weighted by atomic mass is 9.94. The third kappa shape index (κ3) is 3.78. The van der Waals surface area contributed by atoms with Gasteiger partial charge in [0.05, 0.1) is 18.1 Å². The molecule has 0 atom stereocenters. The lowest BCUT2D eigenvalue weighted by Crippen LogP contribution is -2.41. The lowest BCUT2D eigenvalue weighted by Gasteiger charge is -2.32. The van der Waals surface area contributed by atoms with Gasteiger partial charge in [0.15, 0.2) is 5.65 Å². The molecule has 0 saturated carbocycles. The van der Waals surface area contributed by atoms with Crippen LogP contribution in [-0.4, -0.2) is 54.2 Å². The molecular formula is C18H22N6O2S. The molecule has 3 aromatic heterocycles. The average molecular weight is 386 g/mol. The van der Waals surface area contributed by atoms with Gasteiger partial charge >= 0.3 is 6.09 Å². The maximum atomic E-state index is 12.2.